The van der Waals surface area contributed by atoms with Gasteiger partial charge in [-0.15, -0.1) is 0 Å². The molecule has 22 heavy (non-hydrogen) atoms. The molecule has 0 spiro atoms. The molecule has 1 aromatic carbocycles. The molecule has 0 saturated heterocycles. The SMILES string of the molecule is CCCN(CC(=O)O)CC(=O)NC(C)c1ccc(C)c(C)c1. The second-order valence-electron chi connectivity index (χ2n) is 5.74. The minimum absolute atomic E-state index is 0.0971. The van der Waals surface area contributed by atoms with Gasteiger partial charge in [-0.2, -0.15) is 0 Å². The van der Waals surface area contributed by atoms with E-state index in [0.29, 0.717) is 6.54 Å². The van der Waals surface area contributed by atoms with E-state index >= 15 is 0 Å². The molecule has 0 bridgehead atoms. The number of carboxylic acid groups (broad SMARTS) is 1. The van der Waals surface area contributed by atoms with Gasteiger partial charge < -0.3 is 10.4 Å². The molecular formula is C17H26N2O3. The second-order valence-corrected chi connectivity index (χ2v) is 5.74. The first-order chi connectivity index (χ1) is 10.3. The third-order valence-corrected chi connectivity index (χ3v) is 3.67. The number of rotatable bonds is 8. The van der Waals surface area contributed by atoms with Crippen molar-refractivity contribution in [2.75, 3.05) is 19.6 Å². The van der Waals surface area contributed by atoms with E-state index in [1.807, 2.05) is 32.9 Å². The van der Waals surface area contributed by atoms with Crippen molar-refractivity contribution in [2.45, 2.75) is 40.2 Å². The normalized spacial score (nSPS) is 12.2. The quantitative estimate of drug-likeness (QED) is 0.773. The van der Waals surface area contributed by atoms with Gasteiger partial charge in [0.15, 0.2) is 0 Å². The van der Waals surface area contributed by atoms with Gasteiger partial charge in [-0.25, -0.2) is 0 Å². The summed E-state index contributed by atoms with van der Waals surface area (Å²) in [7, 11) is 0. The zero-order valence-electron chi connectivity index (χ0n) is 13.8. The largest absolute Gasteiger partial charge is 0.480 e. The van der Waals surface area contributed by atoms with Gasteiger partial charge in [-0.1, -0.05) is 25.1 Å². The zero-order valence-corrected chi connectivity index (χ0v) is 13.8. The second kappa shape index (κ2) is 8.54. The Bertz CT molecular complexity index is 529. The van der Waals surface area contributed by atoms with Crippen molar-refractivity contribution in [2.24, 2.45) is 0 Å². The van der Waals surface area contributed by atoms with Gasteiger partial charge >= 0.3 is 5.97 Å². The van der Waals surface area contributed by atoms with Crippen LogP contribution in [0.1, 0.15) is 43.0 Å². The van der Waals surface area contributed by atoms with Crippen LogP contribution in [0.4, 0.5) is 0 Å². The predicted octanol–water partition coefficient (Wildman–Crippen LogP) is 2.28. The Morgan fingerprint density at radius 2 is 1.91 bits per heavy atom. The van der Waals surface area contributed by atoms with Crippen molar-refractivity contribution in [3.63, 3.8) is 0 Å². The van der Waals surface area contributed by atoms with E-state index in [1.54, 1.807) is 4.90 Å². The molecule has 5 nitrogen and oxygen atoms in total. The van der Waals surface area contributed by atoms with E-state index in [1.165, 1.54) is 11.1 Å². The summed E-state index contributed by atoms with van der Waals surface area (Å²) in [5, 5.41) is 11.8. The number of carbonyl (C=O) groups excluding carboxylic acids is 1. The number of amides is 1. The molecule has 5 heteroatoms. The first-order valence-corrected chi connectivity index (χ1v) is 7.64. The van der Waals surface area contributed by atoms with Gasteiger partial charge in [0.25, 0.3) is 0 Å². The lowest BCUT2D eigenvalue weighted by molar-refractivity contribution is -0.138. The molecule has 0 saturated carbocycles. The number of hydrogen-bond donors (Lipinski definition) is 2. The van der Waals surface area contributed by atoms with Crippen molar-refractivity contribution in [3.8, 4) is 0 Å². The average Bonchev–Trinajstić information content (AvgIpc) is 2.41. The van der Waals surface area contributed by atoms with Crippen molar-refractivity contribution in [1.29, 1.82) is 0 Å². The monoisotopic (exact) mass is 306 g/mol. The molecular weight excluding hydrogens is 280 g/mol. The van der Waals surface area contributed by atoms with Crippen LogP contribution in [0.2, 0.25) is 0 Å². The molecule has 1 rings (SSSR count). The minimum atomic E-state index is -0.913. The van der Waals surface area contributed by atoms with E-state index in [2.05, 4.69) is 18.3 Å². The van der Waals surface area contributed by atoms with Crippen LogP contribution in [0.3, 0.4) is 0 Å². The molecule has 0 heterocycles. The molecule has 2 N–H and O–H groups in total. The smallest absolute Gasteiger partial charge is 0.317 e. The predicted molar refractivity (Wildman–Crippen MR) is 86.8 cm³/mol. The van der Waals surface area contributed by atoms with E-state index in [9.17, 15) is 9.59 Å². The average molecular weight is 306 g/mol. The summed E-state index contributed by atoms with van der Waals surface area (Å²) >= 11 is 0. The number of nitrogens with zero attached hydrogens (tertiary/aromatic N) is 1. The van der Waals surface area contributed by atoms with Crippen LogP contribution in [0, 0.1) is 13.8 Å². The summed E-state index contributed by atoms with van der Waals surface area (Å²) in [6, 6.07) is 6.02. The van der Waals surface area contributed by atoms with Gasteiger partial charge in [0, 0.05) is 0 Å². The molecule has 0 aliphatic carbocycles. The lowest BCUT2D eigenvalue weighted by Gasteiger charge is -2.21. The fourth-order valence-electron chi connectivity index (χ4n) is 2.33. The van der Waals surface area contributed by atoms with E-state index in [0.717, 1.165) is 12.0 Å². The Labute approximate surface area is 132 Å². The fraction of sp³-hybridized carbons (Fsp3) is 0.529. The Morgan fingerprint density at radius 1 is 1.23 bits per heavy atom. The zero-order chi connectivity index (χ0) is 16.7. The molecule has 1 atom stereocenters. The van der Waals surface area contributed by atoms with Gasteiger partial charge in [0.05, 0.1) is 19.1 Å². The first kappa shape index (κ1) is 18.2. The number of benzene rings is 1. The van der Waals surface area contributed by atoms with Gasteiger partial charge in [-0.05, 0) is 50.4 Å². The summed E-state index contributed by atoms with van der Waals surface area (Å²) in [4.78, 5) is 24.5. The topological polar surface area (TPSA) is 69.6 Å². The number of aliphatic carboxylic acids is 1. The van der Waals surface area contributed by atoms with Crippen LogP contribution in [-0.4, -0.2) is 41.5 Å². The summed E-state index contributed by atoms with van der Waals surface area (Å²) in [5.74, 6) is -1.07. The number of carboxylic acids is 1. The Balaban J connectivity index is 2.62. The summed E-state index contributed by atoms with van der Waals surface area (Å²) in [5.41, 5.74) is 3.46. The minimum Gasteiger partial charge on any atom is -0.480 e. The highest BCUT2D eigenvalue weighted by Gasteiger charge is 2.15. The fourth-order valence-corrected chi connectivity index (χ4v) is 2.33. The number of carbonyl (C=O) groups is 2. The third kappa shape index (κ3) is 5.85. The van der Waals surface area contributed by atoms with E-state index in [4.69, 9.17) is 5.11 Å². The molecule has 1 unspecified atom stereocenters. The van der Waals surface area contributed by atoms with Gasteiger partial charge in [-0.3, -0.25) is 14.5 Å². The van der Waals surface area contributed by atoms with Crippen LogP contribution in [0.5, 0.6) is 0 Å². The lowest BCUT2D eigenvalue weighted by Crippen LogP contribution is -2.40. The molecule has 0 radical (unpaired) electrons. The molecule has 1 aromatic rings. The van der Waals surface area contributed by atoms with Gasteiger partial charge in [0.1, 0.15) is 0 Å². The number of hydrogen-bond acceptors (Lipinski definition) is 3. The van der Waals surface area contributed by atoms with Crippen LogP contribution < -0.4 is 5.32 Å². The number of nitrogens with one attached hydrogen (secondary N) is 1. The summed E-state index contributed by atoms with van der Waals surface area (Å²) < 4.78 is 0. The highest BCUT2D eigenvalue weighted by atomic mass is 16.4. The molecule has 122 valence electrons. The molecule has 0 aliphatic rings. The van der Waals surface area contributed by atoms with Crippen LogP contribution >= 0.6 is 0 Å². The Hall–Kier alpha value is -1.88. The highest BCUT2D eigenvalue weighted by Crippen LogP contribution is 2.16. The first-order valence-electron chi connectivity index (χ1n) is 7.64. The van der Waals surface area contributed by atoms with Crippen molar-refractivity contribution in [3.05, 3.63) is 34.9 Å². The summed E-state index contributed by atoms with van der Waals surface area (Å²) in [6.07, 6.45) is 0.813. The van der Waals surface area contributed by atoms with Crippen LogP contribution in [-0.2, 0) is 9.59 Å². The van der Waals surface area contributed by atoms with Crippen LogP contribution in [0.25, 0.3) is 0 Å². The van der Waals surface area contributed by atoms with E-state index in [-0.39, 0.29) is 25.0 Å². The summed E-state index contributed by atoms with van der Waals surface area (Å²) in [6.45, 7) is 8.58. The third-order valence-electron chi connectivity index (χ3n) is 3.67. The Kier molecular flexibility index (Phi) is 7.05. The van der Waals surface area contributed by atoms with Crippen molar-refractivity contribution in [1.82, 2.24) is 10.2 Å². The maximum Gasteiger partial charge on any atom is 0.317 e. The van der Waals surface area contributed by atoms with Crippen molar-refractivity contribution < 1.29 is 14.7 Å². The number of aryl methyl sites for hydroxylation is 2. The maximum absolute atomic E-state index is 12.1. The highest BCUT2D eigenvalue weighted by molar-refractivity contribution is 5.79. The van der Waals surface area contributed by atoms with Gasteiger partial charge in [0.2, 0.25) is 5.91 Å². The molecule has 0 aliphatic heterocycles. The molecule has 0 fully saturated rings. The maximum atomic E-state index is 12.1. The van der Waals surface area contributed by atoms with Crippen molar-refractivity contribution >= 4 is 11.9 Å². The lowest BCUT2D eigenvalue weighted by atomic mass is 10.0. The standard InChI is InChI=1S/C17H26N2O3/c1-5-8-19(11-17(21)22)10-16(20)18-14(4)15-7-6-12(2)13(3)9-15/h6-7,9,14H,5,8,10-11H2,1-4H3,(H,18,20)(H,21,22). The molecule has 0 aromatic heterocycles. The Morgan fingerprint density at radius 3 is 2.45 bits per heavy atom. The van der Waals surface area contributed by atoms with E-state index < -0.39 is 5.97 Å². The molecule has 1 amide bonds. The van der Waals surface area contributed by atoms with Crippen LogP contribution in [0.15, 0.2) is 18.2 Å².